The van der Waals surface area contributed by atoms with E-state index in [1.165, 1.54) is 0 Å². The topological polar surface area (TPSA) is 151 Å². The van der Waals surface area contributed by atoms with Crippen LogP contribution in [-0.2, 0) is 25.6 Å². The smallest absolute Gasteiger partial charge is 0.326 e. The van der Waals surface area contributed by atoms with Crippen molar-refractivity contribution >= 4 is 23.7 Å². The van der Waals surface area contributed by atoms with E-state index >= 15 is 0 Å². The molecule has 32 heavy (non-hydrogen) atoms. The Kier molecular flexibility index (Phi) is 11.4. The van der Waals surface area contributed by atoms with E-state index in [0.717, 1.165) is 5.56 Å². The molecule has 9 nitrogen and oxygen atoms in total. The van der Waals surface area contributed by atoms with Gasteiger partial charge in [-0.1, -0.05) is 64.4 Å². The summed E-state index contributed by atoms with van der Waals surface area (Å²) in [6, 6.07) is 6.22. The SMILES string of the molecule is CCC(C)C(NC(=O)C(CC(C)C)NC(=O)C(Cc1ccccc1)NC(=O)CN)C(=O)O. The van der Waals surface area contributed by atoms with E-state index in [4.69, 9.17) is 5.73 Å². The molecule has 0 spiro atoms. The first-order chi connectivity index (χ1) is 15.1. The van der Waals surface area contributed by atoms with Gasteiger partial charge in [-0.3, -0.25) is 14.4 Å². The molecule has 0 aliphatic carbocycles. The molecule has 3 amide bonds. The molecule has 0 radical (unpaired) electrons. The Morgan fingerprint density at radius 3 is 2.03 bits per heavy atom. The molecule has 0 saturated heterocycles. The molecule has 0 fully saturated rings. The van der Waals surface area contributed by atoms with Crippen molar-refractivity contribution in [2.75, 3.05) is 6.54 Å². The van der Waals surface area contributed by atoms with Gasteiger partial charge in [-0.15, -0.1) is 0 Å². The fourth-order valence-corrected chi connectivity index (χ4v) is 3.22. The van der Waals surface area contributed by atoms with Gasteiger partial charge in [-0.25, -0.2) is 4.79 Å². The van der Waals surface area contributed by atoms with Crippen LogP contribution in [0.3, 0.4) is 0 Å². The van der Waals surface area contributed by atoms with E-state index in [0.29, 0.717) is 12.8 Å². The van der Waals surface area contributed by atoms with Gasteiger partial charge in [-0.2, -0.15) is 0 Å². The number of rotatable bonds is 13. The zero-order valence-electron chi connectivity index (χ0n) is 19.3. The maximum absolute atomic E-state index is 13.0. The van der Waals surface area contributed by atoms with E-state index in [1.807, 2.05) is 51.1 Å². The third-order valence-corrected chi connectivity index (χ3v) is 5.24. The molecule has 9 heteroatoms. The van der Waals surface area contributed by atoms with Gasteiger partial charge in [0.2, 0.25) is 17.7 Å². The molecular weight excluding hydrogens is 412 g/mol. The minimum Gasteiger partial charge on any atom is -0.480 e. The zero-order chi connectivity index (χ0) is 24.3. The third kappa shape index (κ3) is 9.05. The minimum absolute atomic E-state index is 0.0594. The molecule has 0 aliphatic rings. The molecule has 178 valence electrons. The molecule has 0 aromatic heterocycles. The molecule has 1 aromatic rings. The Labute approximate surface area is 189 Å². The van der Waals surface area contributed by atoms with Gasteiger partial charge in [0.15, 0.2) is 0 Å². The van der Waals surface area contributed by atoms with Crippen LogP contribution in [0.1, 0.15) is 46.1 Å². The second-order valence-corrected chi connectivity index (χ2v) is 8.41. The zero-order valence-corrected chi connectivity index (χ0v) is 19.3. The molecular formula is C23H36N4O5. The van der Waals surface area contributed by atoms with Crippen molar-refractivity contribution in [1.29, 1.82) is 0 Å². The van der Waals surface area contributed by atoms with Crippen molar-refractivity contribution in [2.24, 2.45) is 17.6 Å². The number of carbonyl (C=O) groups excluding carboxylic acids is 3. The fraction of sp³-hybridized carbons (Fsp3) is 0.565. The highest BCUT2D eigenvalue weighted by Gasteiger charge is 2.31. The van der Waals surface area contributed by atoms with Gasteiger partial charge in [0.1, 0.15) is 18.1 Å². The maximum Gasteiger partial charge on any atom is 0.326 e. The first-order valence-corrected chi connectivity index (χ1v) is 11.0. The molecule has 0 aliphatic heterocycles. The Morgan fingerprint density at radius 2 is 1.53 bits per heavy atom. The lowest BCUT2D eigenvalue weighted by atomic mass is 9.97. The number of carboxylic acids is 1. The van der Waals surface area contributed by atoms with Gasteiger partial charge in [0.25, 0.3) is 0 Å². The predicted octanol–water partition coefficient (Wildman–Crippen LogP) is 0.819. The number of benzene rings is 1. The maximum atomic E-state index is 13.0. The fourth-order valence-electron chi connectivity index (χ4n) is 3.22. The first-order valence-electron chi connectivity index (χ1n) is 11.0. The summed E-state index contributed by atoms with van der Waals surface area (Å²) in [5.74, 6) is -2.94. The molecule has 1 rings (SSSR count). The van der Waals surface area contributed by atoms with Gasteiger partial charge in [0, 0.05) is 6.42 Å². The molecule has 4 unspecified atom stereocenters. The second kappa shape index (κ2) is 13.5. The number of nitrogens with two attached hydrogens (primary N) is 1. The molecule has 1 aromatic carbocycles. The van der Waals surface area contributed by atoms with Crippen molar-refractivity contribution < 1.29 is 24.3 Å². The van der Waals surface area contributed by atoms with Crippen LogP contribution in [0.4, 0.5) is 0 Å². The van der Waals surface area contributed by atoms with E-state index in [2.05, 4.69) is 16.0 Å². The van der Waals surface area contributed by atoms with E-state index < -0.39 is 41.8 Å². The summed E-state index contributed by atoms with van der Waals surface area (Å²) in [6.45, 7) is 7.10. The number of hydrogen-bond donors (Lipinski definition) is 5. The number of hydrogen-bond acceptors (Lipinski definition) is 5. The van der Waals surface area contributed by atoms with Crippen molar-refractivity contribution in [3.05, 3.63) is 35.9 Å². The lowest BCUT2D eigenvalue weighted by molar-refractivity contribution is -0.144. The quantitative estimate of drug-likeness (QED) is 0.301. The lowest BCUT2D eigenvalue weighted by Gasteiger charge is -2.27. The summed E-state index contributed by atoms with van der Waals surface area (Å²) in [7, 11) is 0. The summed E-state index contributed by atoms with van der Waals surface area (Å²) >= 11 is 0. The van der Waals surface area contributed by atoms with Crippen molar-refractivity contribution in [3.63, 3.8) is 0 Å². The molecule has 0 heterocycles. The number of aliphatic carboxylic acids is 1. The number of carboxylic acid groups (broad SMARTS) is 1. The van der Waals surface area contributed by atoms with Crippen LogP contribution in [-0.4, -0.2) is 53.5 Å². The Hall–Kier alpha value is -2.94. The molecule has 0 saturated carbocycles. The summed E-state index contributed by atoms with van der Waals surface area (Å²) < 4.78 is 0. The van der Waals surface area contributed by atoms with Crippen LogP contribution in [0, 0.1) is 11.8 Å². The van der Waals surface area contributed by atoms with E-state index in [-0.39, 0.29) is 24.8 Å². The van der Waals surface area contributed by atoms with Crippen LogP contribution in [0.5, 0.6) is 0 Å². The highest BCUT2D eigenvalue weighted by molar-refractivity contribution is 5.93. The highest BCUT2D eigenvalue weighted by atomic mass is 16.4. The monoisotopic (exact) mass is 448 g/mol. The standard InChI is InChI=1S/C23H36N4O5/c1-5-15(4)20(23(31)32)27-22(30)17(11-14(2)3)26-21(29)18(25-19(28)13-24)12-16-9-7-6-8-10-16/h6-10,14-15,17-18,20H,5,11-13,24H2,1-4H3,(H,25,28)(H,26,29)(H,27,30)(H,31,32). The number of amides is 3. The average Bonchev–Trinajstić information content (AvgIpc) is 2.75. The molecule has 4 atom stereocenters. The largest absolute Gasteiger partial charge is 0.480 e. The van der Waals surface area contributed by atoms with Gasteiger partial charge >= 0.3 is 5.97 Å². The minimum atomic E-state index is -1.13. The molecule has 6 N–H and O–H groups in total. The summed E-state index contributed by atoms with van der Waals surface area (Å²) in [5, 5.41) is 17.3. The lowest BCUT2D eigenvalue weighted by Crippen LogP contribution is -2.57. The molecule has 0 bridgehead atoms. The Balaban J connectivity index is 3.03. The van der Waals surface area contributed by atoms with Gasteiger partial charge < -0.3 is 26.8 Å². The van der Waals surface area contributed by atoms with Crippen LogP contribution in [0.15, 0.2) is 30.3 Å². The second-order valence-electron chi connectivity index (χ2n) is 8.41. The predicted molar refractivity (Wildman–Crippen MR) is 122 cm³/mol. The Bertz CT molecular complexity index is 769. The third-order valence-electron chi connectivity index (χ3n) is 5.24. The van der Waals surface area contributed by atoms with Crippen molar-refractivity contribution in [1.82, 2.24) is 16.0 Å². The summed E-state index contributed by atoms with van der Waals surface area (Å²) in [4.78, 5) is 49.4. The van der Waals surface area contributed by atoms with Crippen LogP contribution in [0.2, 0.25) is 0 Å². The van der Waals surface area contributed by atoms with Crippen LogP contribution in [0.25, 0.3) is 0 Å². The van der Waals surface area contributed by atoms with Crippen LogP contribution >= 0.6 is 0 Å². The number of carbonyl (C=O) groups is 4. The highest BCUT2D eigenvalue weighted by Crippen LogP contribution is 2.11. The van der Waals surface area contributed by atoms with Crippen LogP contribution < -0.4 is 21.7 Å². The summed E-state index contributed by atoms with van der Waals surface area (Å²) in [6.07, 6.45) is 1.11. The van der Waals surface area contributed by atoms with Gasteiger partial charge in [0.05, 0.1) is 6.54 Å². The first kappa shape index (κ1) is 27.1. The van der Waals surface area contributed by atoms with E-state index in [1.54, 1.807) is 6.92 Å². The van der Waals surface area contributed by atoms with Crippen molar-refractivity contribution in [3.8, 4) is 0 Å². The average molecular weight is 449 g/mol. The van der Waals surface area contributed by atoms with Gasteiger partial charge in [-0.05, 0) is 23.8 Å². The summed E-state index contributed by atoms with van der Waals surface area (Å²) in [5.41, 5.74) is 6.22. The number of nitrogens with one attached hydrogen (secondary N) is 3. The Morgan fingerprint density at radius 1 is 0.938 bits per heavy atom. The van der Waals surface area contributed by atoms with Crippen molar-refractivity contribution in [2.45, 2.75) is 65.1 Å². The van der Waals surface area contributed by atoms with E-state index in [9.17, 15) is 24.3 Å². The normalized spacial score (nSPS) is 14.7.